The average Bonchev–Trinajstić information content (AvgIpc) is 3.04. The van der Waals surface area contributed by atoms with Gasteiger partial charge >= 0.3 is 0 Å². The van der Waals surface area contributed by atoms with Gasteiger partial charge < -0.3 is 9.47 Å². The van der Waals surface area contributed by atoms with Crippen molar-refractivity contribution < 1.29 is 4.79 Å². The Bertz CT molecular complexity index is 831. The van der Waals surface area contributed by atoms with Gasteiger partial charge in [0.2, 0.25) is 5.91 Å². The number of carbonyl (C=O) groups excluding carboxylic acids is 1. The van der Waals surface area contributed by atoms with Crippen molar-refractivity contribution in [2.45, 2.75) is 32.4 Å². The third kappa shape index (κ3) is 2.92. The van der Waals surface area contributed by atoms with E-state index < -0.39 is 0 Å². The van der Waals surface area contributed by atoms with Gasteiger partial charge in [-0.05, 0) is 35.9 Å². The molecule has 2 aromatic heterocycles. The van der Waals surface area contributed by atoms with Crippen molar-refractivity contribution in [3.8, 4) is 6.07 Å². The van der Waals surface area contributed by atoms with Gasteiger partial charge in [0.1, 0.15) is 12.6 Å². The zero-order valence-corrected chi connectivity index (χ0v) is 13.7. The first-order valence-electron chi connectivity index (χ1n) is 7.60. The van der Waals surface area contributed by atoms with Crippen LogP contribution in [0.4, 0.5) is 0 Å². The van der Waals surface area contributed by atoms with E-state index in [0.29, 0.717) is 12.1 Å². The van der Waals surface area contributed by atoms with Gasteiger partial charge in [-0.25, -0.2) is 0 Å². The zero-order chi connectivity index (χ0) is 16.4. The van der Waals surface area contributed by atoms with Crippen molar-refractivity contribution >= 4 is 17.2 Å². The van der Waals surface area contributed by atoms with Crippen molar-refractivity contribution in [3.05, 3.63) is 56.1 Å². The molecule has 3 heterocycles. The zero-order valence-electron chi connectivity index (χ0n) is 12.9. The number of carbonyl (C=O) groups is 1. The van der Waals surface area contributed by atoms with Gasteiger partial charge in [-0.15, -0.1) is 11.3 Å². The molecule has 0 saturated heterocycles. The van der Waals surface area contributed by atoms with Crippen LogP contribution in [0.3, 0.4) is 0 Å². The van der Waals surface area contributed by atoms with Crippen molar-refractivity contribution in [1.29, 1.82) is 5.26 Å². The molecule has 0 aromatic carbocycles. The summed E-state index contributed by atoms with van der Waals surface area (Å²) in [6.07, 6.45) is 3.16. The molecule has 1 aliphatic rings. The highest BCUT2D eigenvalue weighted by molar-refractivity contribution is 7.10. The third-order valence-corrected chi connectivity index (χ3v) is 5.22. The molecule has 1 aliphatic heterocycles. The van der Waals surface area contributed by atoms with E-state index in [1.807, 2.05) is 11.0 Å². The second-order valence-corrected chi connectivity index (χ2v) is 6.56. The van der Waals surface area contributed by atoms with E-state index in [-0.39, 0.29) is 24.1 Å². The van der Waals surface area contributed by atoms with E-state index in [4.69, 9.17) is 5.26 Å². The predicted octanol–water partition coefficient (Wildman–Crippen LogP) is 2.32. The summed E-state index contributed by atoms with van der Waals surface area (Å²) < 4.78 is 1.32. The largest absolute Gasteiger partial charge is 0.334 e. The lowest BCUT2D eigenvalue weighted by atomic mass is 9.98. The first kappa shape index (κ1) is 15.5. The van der Waals surface area contributed by atoms with E-state index in [9.17, 15) is 9.59 Å². The van der Waals surface area contributed by atoms with E-state index in [2.05, 4.69) is 18.4 Å². The second kappa shape index (κ2) is 6.39. The number of amides is 1. The van der Waals surface area contributed by atoms with Crippen LogP contribution in [0.15, 0.2) is 34.6 Å². The van der Waals surface area contributed by atoms with Crippen LogP contribution in [-0.2, 0) is 17.8 Å². The molecular formula is C17H17N3O2S. The molecule has 2 aromatic rings. The number of rotatable bonds is 3. The lowest BCUT2D eigenvalue weighted by Gasteiger charge is -2.35. The number of thiophene rings is 1. The van der Waals surface area contributed by atoms with E-state index in [1.165, 1.54) is 33.3 Å². The van der Waals surface area contributed by atoms with Gasteiger partial charge in [-0.3, -0.25) is 9.59 Å². The lowest BCUT2D eigenvalue weighted by Crippen LogP contribution is -2.42. The highest BCUT2D eigenvalue weighted by Gasteiger charge is 2.30. The fourth-order valence-electron chi connectivity index (χ4n) is 3.09. The average molecular weight is 327 g/mol. The Balaban J connectivity index is 1.84. The van der Waals surface area contributed by atoms with E-state index in [1.54, 1.807) is 11.3 Å². The fraction of sp³-hybridized carbons (Fsp3) is 0.353. The van der Waals surface area contributed by atoms with Crippen molar-refractivity contribution in [2.24, 2.45) is 0 Å². The Morgan fingerprint density at radius 3 is 3.00 bits per heavy atom. The Morgan fingerprint density at radius 1 is 1.43 bits per heavy atom. The molecular weight excluding hydrogens is 310 g/mol. The van der Waals surface area contributed by atoms with Crippen LogP contribution < -0.4 is 5.56 Å². The first-order valence-corrected chi connectivity index (χ1v) is 8.48. The normalized spacial score (nSPS) is 16.7. The smallest absolute Gasteiger partial charge is 0.251 e. The van der Waals surface area contributed by atoms with Gasteiger partial charge in [0.15, 0.2) is 0 Å². The number of hydrogen-bond donors (Lipinski definition) is 0. The predicted molar refractivity (Wildman–Crippen MR) is 88.2 cm³/mol. The number of nitrogens with zero attached hydrogens (tertiary/aromatic N) is 3. The van der Waals surface area contributed by atoms with Gasteiger partial charge in [0, 0.05) is 23.7 Å². The van der Waals surface area contributed by atoms with Crippen molar-refractivity contribution in [3.63, 3.8) is 0 Å². The molecule has 0 fully saturated rings. The number of nitriles is 1. The minimum atomic E-state index is -0.265. The monoisotopic (exact) mass is 327 g/mol. The highest BCUT2D eigenvalue weighted by atomic mass is 32.1. The summed E-state index contributed by atoms with van der Waals surface area (Å²) in [6, 6.07) is 6.96. The Labute approximate surface area is 138 Å². The van der Waals surface area contributed by atoms with Crippen LogP contribution in [-0.4, -0.2) is 21.9 Å². The molecule has 5 nitrogen and oxygen atoms in total. The molecule has 0 aliphatic carbocycles. The summed E-state index contributed by atoms with van der Waals surface area (Å²) in [5.74, 6) is -0.0779. The molecule has 118 valence electrons. The number of pyridine rings is 1. The van der Waals surface area contributed by atoms with Crippen LogP contribution in [0, 0.1) is 11.3 Å². The number of aromatic nitrogens is 1. The van der Waals surface area contributed by atoms with Crippen LogP contribution in [0.2, 0.25) is 0 Å². The topological polar surface area (TPSA) is 66.1 Å². The highest BCUT2D eigenvalue weighted by Crippen LogP contribution is 2.35. The maximum absolute atomic E-state index is 12.7. The van der Waals surface area contributed by atoms with Crippen LogP contribution in [0.25, 0.3) is 0 Å². The maximum Gasteiger partial charge on any atom is 0.251 e. The minimum absolute atomic E-state index is 0.0235. The van der Waals surface area contributed by atoms with Crippen LogP contribution in [0.5, 0.6) is 0 Å². The lowest BCUT2D eigenvalue weighted by molar-refractivity contribution is -0.134. The van der Waals surface area contributed by atoms with Gasteiger partial charge in [-0.1, -0.05) is 6.92 Å². The summed E-state index contributed by atoms with van der Waals surface area (Å²) in [5.41, 5.74) is 1.34. The Kier molecular flexibility index (Phi) is 4.30. The summed E-state index contributed by atoms with van der Waals surface area (Å²) in [7, 11) is 0. The Morgan fingerprint density at radius 2 is 2.26 bits per heavy atom. The van der Waals surface area contributed by atoms with Gasteiger partial charge in [0.05, 0.1) is 11.6 Å². The molecule has 0 N–H and O–H groups in total. The molecule has 1 atom stereocenters. The first-order chi connectivity index (χ1) is 11.1. The molecule has 6 heteroatoms. The van der Waals surface area contributed by atoms with E-state index >= 15 is 0 Å². The SMILES string of the molecule is CCC1c2ccsc2CCN1C(=O)Cn1cc(C#N)ccc1=O. The standard InChI is InChI=1S/C17H17N3O2S/c1-2-14-13-6-8-23-15(13)5-7-20(14)17(22)11-19-10-12(9-18)3-4-16(19)21/h3-4,6,8,10,14H,2,5,7,11H2,1H3. The van der Waals surface area contributed by atoms with Crippen LogP contribution >= 0.6 is 11.3 Å². The molecule has 0 spiro atoms. The molecule has 1 amide bonds. The molecule has 3 rings (SSSR count). The van der Waals surface area contributed by atoms with Crippen molar-refractivity contribution in [1.82, 2.24) is 9.47 Å². The quantitative estimate of drug-likeness (QED) is 0.869. The molecule has 0 bridgehead atoms. The van der Waals surface area contributed by atoms with E-state index in [0.717, 1.165) is 12.8 Å². The van der Waals surface area contributed by atoms with Crippen LogP contribution in [0.1, 0.15) is 35.4 Å². The molecule has 1 unspecified atom stereocenters. The summed E-state index contributed by atoms with van der Waals surface area (Å²) in [5, 5.41) is 11.0. The third-order valence-electron chi connectivity index (χ3n) is 4.22. The van der Waals surface area contributed by atoms with Crippen molar-refractivity contribution in [2.75, 3.05) is 6.54 Å². The molecule has 0 saturated carbocycles. The molecule has 0 radical (unpaired) electrons. The maximum atomic E-state index is 12.7. The number of fused-ring (bicyclic) bond motifs is 1. The molecule has 23 heavy (non-hydrogen) atoms. The minimum Gasteiger partial charge on any atom is -0.334 e. The number of hydrogen-bond acceptors (Lipinski definition) is 4. The second-order valence-electron chi connectivity index (χ2n) is 5.56. The summed E-state index contributed by atoms with van der Waals surface area (Å²) >= 11 is 1.74. The van der Waals surface area contributed by atoms with Gasteiger partial charge in [0.25, 0.3) is 5.56 Å². The van der Waals surface area contributed by atoms with Gasteiger partial charge in [-0.2, -0.15) is 5.26 Å². The fourth-order valence-corrected chi connectivity index (χ4v) is 4.02. The summed E-state index contributed by atoms with van der Waals surface area (Å²) in [4.78, 5) is 27.8. The Hall–Kier alpha value is -2.39. The summed E-state index contributed by atoms with van der Waals surface area (Å²) in [6.45, 7) is 2.72.